The van der Waals surface area contributed by atoms with Gasteiger partial charge in [-0.05, 0) is 29.4 Å². The van der Waals surface area contributed by atoms with E-state index in [2.05, 4.69) is 17.1 Å². The van der Waals surface area contributed by atoms with Crippen molar-refractivity contribution in [2.24, 2.45) is 0 Å². The van der Waals surface area contributed by atoms with E-state index in [-0.39, 0.29) is 6.61 Å². The third kappa shape index (κ3) is 3.49. The summed E-state index contributed by atoms with van der Waals surface area (Å²) in [6, 6.07) is 10.2. The quantitative estimate of drug-likeness (QED) is 0.614. The molecule has 1 aromatic carbocycles. The summed E-state index contributed by atoms with van der Waals surface area (Å²) >= 11 is 0. The van der Waals surface area contributed by atoms with Crippen LogP contribution in [0.15, 0.2) is 30.3 Å². The normalized spacial score (nSPS) is 10.1. The van der Waals surface area contributed by atoms with Gasteiger partial charge >= 0.3 is 0 Å². The molecule has 1 nitrogen and oxygen atoms in total. The van der Waals surface area contributed by atoms with Crippen molar-refractivity contribution in [3.05, 3.63) is 35.9 Å². The van der Waals surface area contributed by atoms with Gasteiger partial charge in [-0.3, -0.25) is 0 Å². The molecule has 0 aromatic heterocycles. The van der Waals surface area contributed by atoms with Crippen molar-refractivity contribution in [2.75, 3.05) is 6.61 Å². The first-order chi connectivity index (χ1) is 5.93. The zero-order valence-corrected chi connectivity index (χ0v) is 7.00. The van der Waals surface area contributed by atoms with E-state index in [0.717, 1.165) is 19.3 Å². The summed E-state index contributed by atoms with van der Waals surface area (Å²) in [7, 11) is 0. The highest BCUT2D eigenvalue weighted by Crippen LogP contribution is 2.04. The molecule has 0 heterocycles. The molecule has 0 radical (unpaired) electrons. The summed E-state index contributed by atoms with van der Waals surface area (Å²) in [5.41, 5.74) is 1.30. The molecule has 0 unspecified atom stereocenters. The molecule has 0 N–H and O–H groups in total. The van der Waals surface area contributed by atoms with E-state index < -0.39 is 0 Å². The van der Waals surface area contributed by atoms with E-state index in [1.165, 1.54) is 5.56 Å². The van der Waals surface area contributed by atoms with Crippen LogP contribution in [-0.4, -0.2) is 6.61 Å². The number of hydrogen-bond donors (Lipinski definition) is 0. The highest BCUT2D eigenvalue weighted by Gasteiger charge is 1.91. The molecule has 0 aliphatic heterocycles. The van der Waals surface area contributed by atoms with Crippen molar-refractivity contribution in [2.45, 2.75) is 19.3 Å². The first-order valence-corrected chi connectivity index (χ1v) is 4.21. The molecule has 1 aromatic rings. The van der Waals surface area contributed by atoms with E-state index in [4.69, 9.17) is 0 Å². The van der Waals surface area contributed by atoms with Gasteiger partial charge in [0.25, 0.3) is 0 Å². The van der Waals surface area contributed by atoms with Crippen molar-refractivity contribution in [1.82, 2.24) is 0 Å². The van der Waals surface area contributed by atoms with Crippen molar-refractivity contribution in [3.63, 3.8) is 0 Å². The first-order valence-electron chi connectivity index (χ1n) is 4.21. The molecule has 0 bridgehead atoms. The molecule has 0 spiro atoms. The second-order valence-corrected chi connectivity index (χ2v) is 2.76. The van der Waals surface area contributed by atoms with Crippen LogP contribution in [-0.2, 0) is 11.4 Å². The molecule has 0 aliphatic carbocycles. The van der Waals surface area contributed by atoms with Gasteiger partial charge < -0.3 is 0 Å². The number of halogens is 1. The fourth-order valence-electron chi connectivity index (χ4n) is 1.13. The molecular weight excluding hydrogens is 155 g/mol. The molecule has 0 fully saturated rings. The highest BCUT2D eigenvalue weighted by molar-refractivity contribution is 5.14. The Hall–Kier alpha value is -0.890. The van der Waals surface area contributed by atoms with Crippen LogP contribution in [0.3, 0.4) is 0 Å². The minimum Gasteiger partial charge on any atom is -0.194 e. The molecule has 0 aliphatic rings. The highest BCUT2D eigenvalue weighted by atomic mass is 19.3. The summed E-state index contributed by atoms with van der Waals surface area (Å²) in [6.07, 6.45) is 2.77. The van der Waals surface area contributed by atoms with Crippen LogP contribution < -0.4 is 0 Å². The molecule has 12 heavy (non-hydrogen) atoms. The number of hydrogen-bond acceptors (Lipinski definition) is 1. The van der Waals surface area contributed by atoms with Crippen molar-refractivity contribution >= 4 is 0 Å². The lowest BCUT2D eigenvalue weighted by Gasteiger charge is -1.98. The molecular formula is C10H13FO. The maximum absolute atomic E-state index is 11.2. The van der Waals surface area contributed by atoms with Gasteiger partial charge in [0.2, 0.25) is 0 Å². The molecule has 0 saturated heterocycles. The average molecular weight is 168 g/mol. The monoisotopic (exact) mass is 168 g/mol. The smallest absolute Gasteiger partial charge is 0.0876 e. The lowest BCUT2D eigenvalue weighted by molar-refractivity contribution is -0.132. The third-order valence-electron chi connectivity index (χ3n) is 1.78. The van der Waals surface area contributed by atoms with Crippen LogP contribution in [0, 0.1) is 0 Å². The number of aryl methyl sites for hydroxylation is 1. The Morgan fingerprint density at radius 1 is 1.08 bits per heavy atom. The van der Waals surface area contributed by atoms with Crippen LogP contribution in [0.5, 0.6) is 0 Å². The molecule has 1 rings (SSSR count). The van der Waals surface area contributed by atoms with Crippen LogP contribution in [0.4, 0.5) is 4.53 Å². The fourth-order valence-corrected chi connectivity index (χ4v) is 1.13. The molecule has 2 heteroatoms. The van der Waals surface area contributed by atoms with Crippen LogP contribution >= 0.6 is 0 Å². The predicted octanol–water partition coefficient (Wildman–Crippen LogP) is 2.91. The molecule has 0 atom stereocenters. The zero-order valence-electron chi connectivity index (χ0n) is 7.00. The van der Waals surface area contributed by atoms with Gasteiger partial charge in [0.1, 0.15) is 0 Å². The van der Waals surface area contributed by atoms with E-state index in [1.54, 1.807) is 0 Å². The van der Waals surface area contributed by atoms with Crippen molar-refractivity contribution in [1.29, 1.82) is 0 Å². The Balaban J connectivity index is 2.16. The predicted molar refractivity (Wildman–Crippen MR) is 46.4 cm³/mol. The van der Waals surface area contributed by atoms with E-state index >= 15 is 0 Å². The second kappa shape index (κ2) is 5.72. The molecule has 0 amide bonds. The Bertz CT molecular complexity index is 198. The summed E-state index contributed by atoms with van der Waals surface area (Å²) in [5, 5.41) is 0. The van der Waals surface area contributed by atoms with E-state index in [1.807, 2.05) is 18.2 Å². The van der Waals surface area contributed by atoms with Crippen LogP contribution in [0.2, 0.25) is 0 Å². The van der Waals surface area contributed by atoms with Gasteiger partial charge in [0.15, 0.2) is 0 Å². The maximum atomic E-state index is 11.2. The van der Waals surface area contributed by atoms with Gasteiger partial charge in [-0.1, -0.05) is 30.3 Å². The minimum absolute atomic E-state index is 0.215. The largest absolute Gasteiger partial charge is 0.194 e. The summed E-state index contributed by atoms with van der Waals surface area (Å²) in [5.74, 6) is 0. The molecule has 0 saturated carbocycles. The van der Waals surface area contributed by atoms with Gasteiger partial charge in [0.05, 0.1) is 6.61 Å². The standard InChI is InChI=1S/C10H13FO/c11-12-9-5-4-8-10-6-2-1-3-7-10/h1-3,6-7H,4-5,8-9H2. The summed E-state index contributed by atoms with van der Waals surface area (Å²) in [4.78, 5) is 3.48. The Morgan fingerprint density at radius 3 is 2.50 bits per heavy atom. The van der Waals surface area contributed by atoms with Crippen LogP contribution in [0.25, 0.3) is 0 Å². The lowest BCUT2D eigenvalue weighted by Crippen LogP contribution is -1.89. The number of unbranched alkanes of at least 4 members (excludes halogenated alkanes) is 1. The topological polar surface area (TPSA) is 9.23 Å². The summed E-state index contributed by atoms with van der Waals surface area (Å²) < 4.78 is 11.2. The van der Waals surface area contributed by atoms with Gasteiger partial charge in [0, 0.05) is 0 Å². The Kier molecular flexibility index (Phi) is 4.39. The van der Waals surface area contributed by atoms with Crippen LogP contribution in [0.1, 0.15) is 18.4 Å². The van der Waals surface area contributed by atoms with Gasteiger partial charge in [-0.15, -0.1) is 0 Å². The Labute approximate surface area is 72.1 Å². The second-order valence-electron chi connectivity index (χ2n) is 2.76. The van der Waals surface area contributed by atoms with Gasteiger partial charge in [-0.25, -0.2) is 0 Å². The zero-order chi connectivity index (χ0) is 8.65. The number of rotatable bonds is 5. The number of benzene rings is 1. The average Bonchev–Trinajstić information content (AvgIpc) is 2.14. The molecule has 66 valence electrons. The fraction of sp³-hybridized carbons (Fsp3) is 0.400. The third-order valence-corrected chi connectivity index (χ3v) is 1.78. The minimum atomic E-state index is 0.215. The Morgan fingerprint density at radius 2 is 1.83 bits per heavy atom. The lowest BCUT2D eigenvalue weighted by atomic mass is 10.1. The van der Waals surface area contributed by atoms with E-state index in [9.17, 15) is 4.53 Å². The maximum Gasteiger partial charge on any atom is 0.0876 e. The summed E-state index contributed by atoms with van der Waals surface area (Å²) in [6.45, 7) is 0.215. The van der Waals surface area contributed by atoms with E-state index in [0.29, 0.717) is 0 Å². The van der Waals surface area contributed by atoms with Gasteiger partial charge in [-0.2, -0.15) is 4.94 Å². The first kappa shape index (κ1) is 9.20. The van der Waals surface area contributed by atoms with Crippen molar-refractivity contribution < 1.29 is 9.47 Å². The van der Waals surface area contributed by atoms with Crippen molar-refractivity contribution in [3.8, 4) is 0 Å². The SMILES string of the molecule is FOCCCCc1ccccc1.